The summed E-state index contributed by atoms with van der Waals surface area (Å²) in [5.74, 6) is -0.544. The van der Waals surface area contributed by atoms with Gasteiger partial charge in [0.1, 0.15) is 5.82 Å². The molecule has 0 N–H and O–H groups in total. The molecular formula is C25H37FN4O4. The van der Waals surface area contributed by atoms with Crippen LogP contribution < -0.4 is 0 Å². The van der Waals surface area contributed by atoms with Gasteiger partial charge in [-0.2, -0.15) is 0 Å². The number of carbonyl (C=O) groups is 4. The van der Waals surface area contributed by atoms with Gasteiger partial charge in [0, 0.05) is 46.2 Å². The highest BCUT2D eigenvalue weighted by atomic mass is 19.1. The minimum Gasteiger partial charge on any atom is -0.344 e. The molecular weight excluding hydrogens is 439 g/mol. The van der Waals surface area contributed by atoms with Crippen molar-refractivity contribution in [2.45, 2.75) is 39.5 Å². The number of likely N-dealkylation sites (N-methyl/N-ethyl adjacent to an activating group) is 1. The first-order chi connectivity index (χ1) is 16.2. The fraction of sp³-hybridized carbons (Fsp3) is 0.600. The molecule has 34 heavy (non-hydrogen) atoms. The van der Waals surface area contributed by atoms with Crippen molar-refractivity contribution < 1.29 is 23.6 Å². The number of hydrogen-bond acceptors (Lipinski definition) is 4. The molecule has 1 saturated heterocycles. The molecule has 2 rings (SSSR count). The van der Waals surface area contributed by atoms with E-state index < -0.39 is 0 Å². The normalized spacial score (nSPS) is 13.3. The molecule has 1 aromatic rings. The maximum absolute atomic E-state index is 13.8. The number of halogens is 1. The Kier molecular flexibility index (Phi) is 11.0. The molecule has 0 radical (unpaired) electrons. The van der Waals surface area contributed by atoms with Crippen LogP contribution >= 0.6 is 0 Å². The van der Waals surface area contributed by atoms with E-state index >= 15 is 0 Å². The molecule has 0 spiro atoms. The second-order valence-corrected chi connectivity index (χ2v) is 9.24. The van der Waals surface area contributed by atoms with Crippen LogP contribution in [-0.4, -0.2) is 96.6 Å². The highest BCUT2D eigenvalue weighted by Gasteiger charge is 2.23. The van der Waals surface area contributed by atoms with Crippen molar-refractivity contribution in [1.29, 1.82) is 0 Å². The molecule has 0 unspecified atom stereocenters. The van der Waals surface area contributed by atoms with Crippen molar-refractivity contribution in [3.8, 4) is 0 Å². The fourth-order valence-electron chi connectivity index (χ4n) is 3.95. The smallest absolute Gasteiger partial charge is 0.242 e. The molecule has 0 atom stereocenters. The molecule has 1 aliphatic heterocycles. The minimum atomic E-state index is -0.344. The van der Waals surface area contributed by atoms with Gasteiger partial charge < -0.3 is 19.6 Å². The molecule has 0 aliphatic carbocycles. The summed E-state index contributed by atoms with van der Waals surface area (Å²) in [6.45, 7) is 6.16. The quantitative estimate of drug-likeness (QED) is 0.384. The van der Waals surface area contributed by atoms with Gasteiger partial charge in [-0.3, -0.25) is 19.2 Å². The van der Waals surface area contributed by atoms with Crippen molar-refractivity contribution >= 4 is 24.1 Å². The van der Waals surface area contributed by atoms with Gasteiger partial charge in [0.15, 0.2) is 0 Å². The summed E-state index contributed by atoms with van der Waals surface area (Å²) < 4.78 is 13.8. The van der Waals surface area contributed by atoms with Gasteiger partial charge in [0.05, 0.1) is 13.1 Å². The molecule has 8 nitrogen and oxygen atoms in total. The van der Waals surface area contributed by atoms with Crippen LogP contribution in [0.1, 0.15) is 38.7 Å². The van der Waals surface area contributed by atoms with E-state index in [1.54, 1.807) is 30.1 Å². The first-order valence-corrected chi connectivity index (χ1v) is 11.9. The Labute approximate surface area is 201 Å². The Hall–Kier alpha value is -2.97. The summed E-state index contributed by atoms with van der Waals surface area (Å²) in [4.78, 5) is 55.1. The molecule has 0 bridgehead atoms. The van der Waals surface area contributed by atoms with E-state index in [9.17, 15) is 23.6 Å². The lowest BCUT2D eigenvalue weighted by Crippen LogP contribution is -2.47. The first-order valence-electron chi connectivity index (χ1n) is 11.9. The van der Waals surface area contributed by atoms with E-state index in [2.05, 4.69) is 0 Å². The Morgan fingerprint density at radius 2 is 1.88 bits per heavy atom. The van der Waals surface area contributed by atoms with Crippen LogP contribution in [0.5, 0.6) is 0 Å². The molecule has 1 fully saturated rings. The Bertz CT molecular complexity index is 848. The molecule has 0 aromatic heterocycles. The Morgan fingerprint density at radius 3 is 2.50 bits per heavy atom. The van der Waals surface area contributed by atoms with Crippen LogP contribution in [0.4, 0.5) is 4.39 Å². The van der Waals surface area contributed by atoms with Crippen molar-refractivity contribution in [3.63, 3.8) is 0 Å². The molecule has 188 valence electrons. The zero-order valence-electron chi connectivity index (χ0n) is 20.5. The lowest BCUT2D eigenvalue weighted by molar-refractivity contribution is -0.142. The maximum atomic E-state index is 13.8. The van der Waals surface area contributed by atoms with E-state index in [0.717, 1.165) is 13.0 Å². The number of hydrogen-bond donors (Lipinski definition) is 0. The van der Waals surface area contributed by atoms with E-state index in [1.807, 2.05) is 18.7 Å². The summed E-state index contributed by atoms with van der Waals surface area (Å²) in [5, 5.41) is 0. The number of nitrogens with zero attached hydrogens (tertiary/aromatic N) is 4. The monoisotopic (exact) mass is 476 g/mol. The minimum absolute atomic E-state index is 0.0732. The van der Waals surface area contributed by atoms with Gasteiger partial charge in [-0.25, -0.2) is 4.39 Å². The largest absolute Gasteiger partial charge is 0.344 e. The van der Waals surface area contributed by atoms with Crippen LogP contribution in [0.15, 0.2) is 24.3 Å². The van der Waals surface area contributed by atoms with Gasteiger partial charge in [0.25, 0.3) is 0 Å². The van der Waals surface area contributed by atoms with Crippen molar-refractivity contribution in [3.05, 3.63) is 35.6 Å². The lowest BCUT2D eigenvalue weighted by atomic mass is 10.1. The molecule has 1 heterocycles. The summed E-state index contributed by atoms with van der Waals surface area (Å²) in [6.07, 6.45) is 3.04. The standard InChI is InChI=1S/C25H37FN4O4/c1-20(2)16-30(18-24(33)27(3)12-7-14-29-13-6-10-23(29)32)25(34)17-28(19-31)15-11-21-8-4-5-9-22(21)26/h4-5,8-9,19-20H,6-7,10-18H2,1-3H3. The maximum Gasteiger partial charge on any atom is 0.242 e. The summed E-state index contributed by atoms with van der Waals surface area (Å²) >= 11 is 0. The zero-order valence-corrected chi connectivity index (χ0v) is 20.5. The van der Waals surface area contributed by atoms with Crippen LogP contribution in [0, 0.1) is 11.7 Å². The number of amides is 4. The van der Waals surface area contributed by atoms with Gasteiger partial charge >= 0.3 is 0 Å². The van der Waals surface area contributed by atoms with Crippen LogP contribution in [0.2, 0.25) is 0 Å². The number of likely N-dealkylation sites (tertiary alicyclic amines) is 1. The summed E-state index contributed by atoms with van der Waals surface area (Å²) in [7, 11) is 1.69. The molecule has 0 saturated carbocycles. The third-order valence-corrected chi connectivity index (χ3v) is 5.90. The van der Waals surface area contributed by atoms with Crippen molar-refractivity contribution in [1.82, 2.24) is 19.6 Å². The predicted molar refractivity (Wildman–Crippen MR) is 127 cm³/mol. The van der Waals surface area contributed by atoms with Gasteiger partial charge in [0.2, 0.25) is 24.1 Å². The molecule has 1 aromatic carbocycles. The fourth-order valence-corrected chi connectivity index (χ4v) is 3.95. The molecule has 1 aliphatic rings. The first kappa shape index (κ1) is 27.3. The topological polar surface area (TPSA) is 81.2 Å². The van der Waals surface area contributed by atoms with Gasteiger partial charge in [-0.1, -0.05) is 32.0 Å². The van der Waals surface area contributed by atoms with Crippen LogP contribution in [0.3, 0.4) is 0 Å². The Morgan fingerprint density at radius 1 is 1.15 bits per heavy atom. The highest BCUT2D eigenvalue weighted by Crippen LogP contribution is 2.10. The third-order valence-electron chi connectivity index (χ3n) is 5.90. The van der Waals surface area contributed by atoms with Crippen LogP contribution in [0.25, 0.3) is 0 Å². The summed E-state index contributed by atoms with van der Waals surface area (Å²) in [6, 6.07) is 6.34. The SMILES string of the molecule is CC(C)CN(CC(=O)N(C)CCCN1CCCC1=O)C(=O)CN(C=O)CCc1ccccc1F. The molecule has 9 heteroatoms. The van der Waals surface area contributed by atoms with Gasteiger partial charge in [-0.15, -0.1) is 0 Å². The molecule has 4 amide bonds. The average Bonchev–Trinajstić information content (AvgIpc) is 3.21. The highest BCUT2D eigenvalue weighted by molar-refractivity contribution is 5.86. The number of rotatable bonds is 14. The van der Waals surface area contributed by atoms with E-state index in [4.69, 9.17) is 0 Å². The van der Waals surface area contributed by atoms with Crippen LogP contribution in [-0.2, 0) is 25.6 Å². The average molecular weight is 477 g/mol. The van der Waals surface area contributed by atoms with Crippen molar-refractivity contribution in [2.24, 2.45) is 5.92 Å². The summed E-state index contributed by atoms with van der Waals surface area (Å²) in [5.41, 5.74) is 0.480. The van der Waals surface area contributed by atoms with Crippen molar-refractivity contribution in [2.75, 3.05) is 52.9 Å². The Balaban J connectivity index is 1.87. The second kappa shape index (κ2) is 13.7. The number of carbonyl (C=O) groups excluding carboxylic acids is 4. The predicted octanol–water partition coefficient (Wildman–Crippen LogP) is 1.78. The zero-order chi connectivity index (χ0) is 25.1. The van der Waals surface area contributed by atoms with Gasteiger partial charge in [-0.05, 0) is 36.8 Å². The van der Waals surface area contributed by atoms with E-state index in [-0.39, 0.29) is 49.1 Å². The number of benzene rings is 1. The second-order valence-electron chi connectivity index (χ2n) is 9.24. The lowest BCUT2D eigenvalue weighted by Gasteiger charge is -2.29. The van der Waals surface area contributed by atoms with E-state index in [0.29, 0.717) is 50.9 Å². The van der Waals surface area contributed by atoms with E-state index in [1.165, 1.54) is 15.9 Å². The third kappa shape index (κ3) is 8.76.